The third-order valence-electron chi connectivity index (χ3n) is 3.71. The molecule has 3 rings (SSSR count). The predicted octanol–water partition coefficient (Wildman–Crippen LogP) is 2.00. The molecule has 0 saturated carbocycles. The summed E-state index contributed by atoms with van der Waals surface area (Å²) in [5.41, 5.74) is 1.03. The second kappa shape index (κ2) is 5.05. The lowest BCUT2D eigenvalue weighted by molar-refractivity contribution is 0.312. The maximum Gasteiger partial charge on any atom is 0.129 e. The Hall–Kier alpha value is -1.81. The minimum atomic E-state index is 0.877. The molecule has 1 aromatic carbocycles. The summed E-state index contributed by atoms with van der Waals surface area (Å²) in [6, 6.07) is 10.2. The van der Waals surface area contributed by atoms with Crippen molar-refractivity contribution in [3.05, 3.63) is 30.3 Å². The van der Waals surface area contributed by atoms with E-state index in [0.29, 0.717) is 0 Å². The number of benzene rings is 1. The summed E-state index contributed by atoms with van der Waals surface area (Å²) in [6.45, 7) is 4.29. The third kappa shape index (κ3) is 2.49. The maximum absolute atomic E-state index is 5.24. The summed E-state index contributed by atoms with van der Waals surface area (Å²) < 4.78 is 5.24. The molecule has 100 valence electrons. The summed E-state index contributed by atoms with van der Waals surface area (Å²) >= 11 is 0. The highest BCUT2D eigenvalue weighted by Gasteiger charge is 2.15. The minimum absolute atomic E-state index is 0.877. The highest BCUT2D eigenvalue weighted by atomic mass is 16.5. The maximum atomic E-state index is 5.24. The number of anilines is 1. The SMILES string of the molecule is COc1ccc2nc(N3CCN(C)CC3)ccc2c1. The van der Waals surface area contributed by atoms with E-state index in [4.69, 9.17) is 9.72 Å². The molecule has 1 saturated heterocycles. The molecule has 1 fully saturated rings. The van der Waals surface area contributed by atoms with Gasteiger partial charge in [-0.2, -0.15) is 0 Å². The molecule has 0 amide bonds. The number of likely N-dealkylation sites (N-methyl/N-ethyl adjacent to an activating group) is 1. The van der Waals surface area contributed by atoms with Crippen LogP contribution in [0.15, 0.2) is 30.3 Å². The smallest absolute Gasteiger partial charge is 0.129 e. The first-order chi connectivity index (χ1) is 9.26. The van der Waals surface area contributed by atoms with Crippen LogP contribution in [0.5, 0.6) is 5.75 Å². The van der Waals surface area contributed by atoms with Crippen LogP contribution in [0.2, 0.25) is 0 Å². The topological polar surface area (TPSA) is 28.6 Å². The number of hydrogen-bond acceptors (Lipinski definition) is 4. The molecule has 4 nitrogen and oxygen atoms in total. The van der Waals surface area contributed by atoms with Crippen molar-refractivity contribution in [3.8, 4) is 5.75 Å². The molecule has 0 atom stereocenters. The van der Waals surface area contributed by atoms with Crippen LogP contribution in [0.25, 0.3) is 10.9 Å². The van der Waals surface area contributed by atoms with Crippen molar-refractivity contribution in [3.63, 3.8) is 0 Å². The monoisotopic (exact) mass is 257 g/mol. The largest absolute Gasteiger partial charge is 0.497 e. The number of ether oxygens (including phenoxy) is 1. The molecule has 1 aliphatic heterocycles. The van der Waals surface area contributed by atoms with E-state index in [1.807, 2.05) is 18.2 Å². The normalized spacial score (nSPS) is 16.8. The average Bonchev–Trinajstić information content (AvgIpc) is 2.47. The van der Waals surface area contributed by atoms with Crippen LogP contribution in [-0.2, 0) is 0 Å². The fraction of sp³-hybridized carbons (Fsp3) is 0.400. The fourth-order valence-corrected chi connectivity index (χ4v) is 2.43. The molecular formula is C15H19N3O. The van der Waals surface area contributed by atoms with E-state index >= 15 is 0 Å². The van der Waals surface area contributed by atoms with Crippen molar-refractivity contribution in [2.75, 3.05) is 45.2 Å². The van der Waals surface area contributed by atoms with Crippen LogP contribution in [0.3, 0.4) is 0 Å². The molecule has 1 aliphatic rings. The van der Waals surface area contributed by atoms with Gasteiger partial charge in [-0.1, -0.05) is 0 Å². The van der Waals surface area contributed by atoms with Gasteiger partial charge in [0.2, 0.25) is 0 Å². The predicted molar refractivity (Wildman–Crippen MR) is 78.0 cm³/mol. The van der Waals surface area contributed by atoms with Gasteiger partial charge in [0.25, 0.3) is 0 Å². The molecular weight excluding hydrogens is 238 g/mol. The molecule has 0 unspecified atom stereocenters. The van der Waals surface area contributed by atoms with Gasteiger partial charge >= 0.3 is 0 Å². The summed E-state index contributed by atoms with van der Waals surface area (Å²) in [7, 11) is 3.85. The lowest BCUT2D eigenvalue weighted by atomic mass is 10.2. The molecule has 0 N–H and O–H groups in total. The van der Waals surface area contributed by atoms with E-state index in [-0.39, 0.29) is 0 Å². The zero-order chi connectivity index (χ0) is 13.2. The van der Waals surface area contributed by atoms with Gasteiger partial charge in [-0.05, 0) is 37.4 Å². The molecule has 1 aromatic heterocycles. The van der Waals surface area contributed by atoms with E-state index in [1.165, 1.54) is 0 Å². The average molecular weight is 257 g/mol. The van der Waals surface area contributed by atoms with Crippen molar-refractivity contribution >= 4 is 16.7 Å². The Morgan fingerprint density at radius 2 is 1.84 bits per heavy atom. The molecule has 0 spiro atoms. The molecule has 0 aliphatic carbocycles. The van der Waals surface area contributed by atoms with Crippen molar-refractivity contribution < 1.29 is 4.74 Å². The number of rotatable bonds is 2. The lowest BCUT2D eigenvalue weighted by Crippen LogP contribution is -2.44. The summed E-state index contributed by atoms with van der Waals surface area (Å²) in [5, 5.41) is 1.12. The first-order valence-corrected chi connectivity index (χ1v) is 6.64. The van der Waals surface area contributed by atoms with Gasteiger partial charge in [0.15, 0.2) is 0 Å². The van der Waals surface area contributed by atoms with Crippen LogP contribution in [-0.4, -0.2) is 50.2 Å². The third-order valence-corrected chi connectivity index (χ3v) is 3.71. The molecule has 2 heterocycles. The second-order valence-electron chi connectivity index (χ2n) is 5.02. The second-order valence-corrected chi connectivity index (χ2v) is 5.02. The Kier molecular flexibility index (Phi) is 3.25. The number of nitrogens with zero attached hydrogens (tertiary/aromatic N) is 3. The summed E-state index contributed by atoms with van der Waals surface area (Å²) in [6.07, 6.45) is 0. The van der Waals surface area contributed by atoms with Gasteiger partial charge in [-0.3, -0.25) is 0 Å². The standard InChI is InChI=1S/C15H19N3O/c1-17-7-9-18(10-8-17)15-6-3-12-11-13(19-2)4-5-14(12)16-15/h3-6,11H,7-10H2,1-2H3. The number of piperazine rings is 1. The highest BCUT2D eigenvalue weighted by Crippen LogP contribution is 2.22. The molecule has 0 bridgehead atoms. The first kappa shape index (κ1) is 12.2. The number of fused-ring (bicyclic) bond motifs is 1. The van der Waals surface area contributed by atoms with Crippen molar-refractivity contribution in [2.45, 2.75) is 0 Å². The van der Waals surface area contributed by atoms with Crippen molar-refractivity contribution in [1.82, 2.24) is 9.88 Å². The number of pyridine rings is 1. The van der Waals surface area contributed by atoms with Crippen LogP contribution in [0.1, 0.15) is 0 Å². The van der Waals surface area contributed by atoms with Crippen molar-refractivity contribution in [2.24, 2.45) is 0 Å². The van der Waals surface area contributed by atoms with E-state index in [1.54, 1.807) is 7.11 Å². The number of hydrogen-bond donors (Lipinski definition) is 0. The van der Waals surface area contributed by atoms with Gasteiger partial charge in [-0.15, -0.1) is 0 Å². The Balaban J connectivity index is 1.89. The highest BCUT2D eigenvalue weighted by molar-refractivity contribution is 5.81. The van der Waals surface area contributed by atoms with Crippen LogP contribution in [0.4, 0.5) is 5.82 Å². The molecule has 0 radical (unpaired) electrons. The van der Waals surface area contributed by atoms with E-state index < -0.39 is 0 Å². The number of methoxy groups -OCH3 is 1. The molecule has 19 heavy (non-hydrogen) atoms. The lowest BCUT2D eigenvalue weighted by Gasteiger charge is -2.33. The van der Waals surface area contributed by atoms with Gasteiger partial charge < -0.3 is 14.5 Å². The summed E-state index contributed by atoms with van der Waals surface area (Å²) in [4.78, 5) is 9.45. The van der Waals surface area contributed by atoms with E-state index in [9.17, 15) is 0 Å². The quantitative estimate of drug-likeness (QED) is 0.822. The first-order valence-electron chi connectivity index (χ1n) is 6.64. The van der Waals surface area contributed by atoms with Gasteiger partial charge in [0, 0.05) is 31.6 Å². The zero-order valence-electron chi connectivity index (χ0n) is 11.5. The van der Waals surface area contributed by atoms with E-state index in [0.717, 1.165) is 48.6 Å². The Bertz CT molecular complexity index is 577. The summed E-state index contributed by atoms with van der Waals surface area (Å²) in [5.74, 6) is 1.95. The Morgan fingerprint density at radius 1 is 1.05 bits per heavy atom. The molecule has 2 aromatic rings. The Labute approximate surface area is 113 Å². The van der Waals surface area contributed by atoms with Crippen LogP contribution < -0.4 is 9.64 Å². The van der Waals surface area contributed by atoms with Crippen LogP contribution in [0, 0.1) is 0 Å². The van der Waals surface area contributed by atoms with Crippen molar-refractivity contribution in [1.29, 1.82) is 0 Å². The Morgan fingerprint density at radius 3 is 2.58 bits per heavy atom. The zero-order valence-corrected chi connectivity index (χ0v) is 11.5. The number of aromatic nitrogens is 1. The van der Waals surface area contributed by atoms with Crippen LogP contribution >= 0.6 is 0 Å². The van der Waals surface area contributed by atoms with Gasteiger partial charge in [0.05, 0.1) is 12.6 Å². The minimum Gasteiger partial charge on any atom is -0.497 e. The van der Waals surface area contributed by atoms with Gasteiger partial charge in [-0.25, -0.2) is 4.98 Å². The van der Waals surface area contributed by atoms with Gasteiger partial charge in [0.1, 0.15) is 11.6 Å². The molecule has 4 heteroatoms. The van der Waals surface area contributed by atoms with E-state index in [2.05, 4.69) is 29.0 Å². The fourth-order valence-electron chi connectivity index (χ4n) is 2.43.